The number of likely N-dealkylation sites (N-methyl/N-ethyl adjacent to an activating group) is 1. The van der Waals surface area contributed by atoms with E-state index in [0.717, 1.165) is 90.4 Å². The van der Waals surface area contributed by atoms with Crippen LogP contribution >= 0.6 is 0 Å². The molecule has 1 atom stereocenters. The second-order valence-corrected chi connectivity index (χ2v) is 12.5. The summed E-state index contributed by atoms with van der Waals surface area (Å²) in [5, 5.41) is 4.42. The number of morpholine rings is 1. The van der Waals surface area contributed by atoms with Crippen LogP contribution in [0.3, 0.4) is 0 Å². The number of ether oxygens (including phenoxy) is 2. The van der Waals surface area contributed by atoms with E-state index in [2.05, 4.69) is 107 Å². The van der Waals surface area contributed by atoms with E-state index >= 15 is 0 Å². The highest BCUT2D eigenvalue weighted by atomic mass is 16.5. The van der Waals surface area contributed by atoms with Gasteiger partial charge in [-0.25, -0.2) is 0 Å². The van der Waals surface area contributed by atoms with Gasteiger partial charge in [0.05, 0.1) is 13.2 Å². The van der Waals surface area contributed by atoms with E-state index in [1.807, 2.05) is 36.4 Å². The minimum atomic E-state index is -0.154. The van der Waals surface area contributed by atoms with E-state index < -0.39 is 0 Å². The quantitative estimate of drug-likeness (QED) is 0.144. The summed E-state index contributed by atoms with van der Waals surface area (Å²) in [6.45, 7) is 7.07. The average molecular weight is 631 g/mol. The fourth-order valence-corrected chi connectivity index (χ4v) is 6.48. The molecular weight excluding hydrogens is 584 g/mol. The Balaban J connectivity index is 1.37. The third kappa shape index (κ3) is 8.11. The molecule has 0 saturated carbocycles. The van der Waals surface area contributed by atoms with Crippen LogP contribution in [0.2, 0.25) is 0 Å². The largest absolute Gasteiger partial charge is 0.489 e. The van der Waals surface area contributed by atoms with Crippen molar-refractivity contribution in [3.63, 3.8) is 0 Å². The number of hydrogen-bond donors (Lipinski definition) is 1. The normalized spacial score (nSPS) is 14.4. The molecule has 0 bridgehead atoms. The molecule has 0 aliphatic carbocycles. The lowest BCUT2D eigenvalue weighted by Crippen LogP contribution is -2.38. The number of para-hydroxylation sites is 1. The molecule has 244 valence electrons. The van der Waals surface area contributed by atoms with E-state index in [9.17, 15) is 4.79 Å². The number of aromatic nitrogens is 1. The van der Waals surface area contributed by atoms with Gasteiger partial charge in [0, 0.05) is 55.1 Å². The zero-order valence-electron chi connectivity index (χ0n) is 27.6. The number of hydrogen-bond acceptors (Lipinski definition) is 5. The molecule has 6 rings (SSSR count). The number of nitrogens with zero attached hydrogens (tertiary/aromatic N) is 3. The summed E-state index contributed by atoms with van der Waals surface area (Å²) in [7, 11) is 4.15. The molecule has 2 heterocycles. The second-order valence-electron chi connectivity index (χ2n) is 12.5. The summed E-state index contributed by atoms with van der Waals surface area (Å²) >= 11 is 0. The predicted octanol–water partition coefficient (Wildman–Crippen LogP) is 6.41. The minimum absolute atomic E-state index is 0.0271. The van der Waals surface area contributed by atoms with E-state index in [0.29, 0.717) is 19.7 Å². The van der Waals surface area contributed by atoms with Crippen molar-refractivity contribution in [1.82, 2.24) is 19.7 Å². The standard InChI is InChI=1S/C40H46N4O3/c1-42(2)24-25-44-36-17-10-9-16-35(36)38(39(44)40(45)41-22-11-23-43-26-28-46-29-27-43)37(32-14-7-4-8-15-32)33-18-20-34(21-19-33)47-30-31-12-5-3-6-13-31/h3-10,12-21,37H,11,22-30H2,1-2H3,(H,41,45). The van der Waals surface area contributed by atoms with Crippen molar-refractivity contribution in [3.05, 3.63) is 137 Å². The Labute approximate surface area is 278 Å². The highest BCUT2D eigenvalue weighted by Crippen LogP contribution is 2.40. The van der Waals surface area contributed by atoms with Gasteiger partial charge in [0.2, 0.25) is 0 Å². The summed E-state index contributed by atoms with van der Waals surface area (Å²) in [6, 6.07) is 37.6. The first kappa shape index (κ1) is 32.5. The van der Waals surface area contributed by atoms with Gasteiger partial charge in [-0.3, -0.25) is 9.69 Å². The van der Waals surface area contributed by atoms with Gasteiger partial charge in [-0.05, 0) is 62.0 Å². The SMILES string of the molecule is CN(C)CCn1c(C(=O)NCCCN2CCOCC2)c(C(c2ccccc2)c2ccc(OCc3ccccc3)cc2)c2ccccc21. The number of carbonyl (C=O) groups excluding carboxylic acids is 1. The lowest BCUT2D eigenvalue weighted by atomic mass is 9.83. The van der Waals surface area contributed by atoms with Crippen LogP contribution in [0, 0.1) is 0 Å². The van der Waals surface area contributed by atoms with Crippen molar-refractivity contribution in [2.75, 3.05) is 60.0 Å². The Morgan fingerprint density at radius 1 is 0.830 bits per heavy atom. The van der Waals surface area contributed by atoms with E-state index in [-0.39, 0.29) is 11.8 Å². The van der Waals surface area contributed by atoms with Crippen molar-refractivity contribution < 1.29 is 14.3 Å². The van der Waals surface area contributed by atoms with Gasteiger partial charge < -0.3 is 24.3 Å². The zero-order chi connectivity index (χ0) is 32.4. The molecule has 1 saturated heterocycles. The van der Waals surface area contributed by atoms with Crippen molar-refractivity contribution in [2.24, 2.45) is 0 Å². The van der Waals surface area contributed by atoms with Gasteiger partial charge in [-0.1, -0.05) is 91.0 Å². The first-order valence-corrected chi connectivity index (χ1v) is 16.7. The van der Waals surface area contributed by atoms with E-state index in [4.69, 9.17) is 9.47 Å². The summed E-state index contributed by atoms with van der Waals surface area (Å²) in [5.74, 6) is 0.635. The van der Waals surface area contributed by atoms with Gasteiger partial charge in [0.1, 0.15) is 18.1 Å². The van der Waals surface area contributed by atoms with Gasteiger partial charge in [0.25, 0.3) is 5.91 Å². The Morgan fingerprint density at radius 2 is 1.49 bits per heavy atom. The van der Waals surface area contributed by atoms with Gasteiger partial charge >= 0.3 is 0 Å². The van der Waals surface area contributed by atoms with Gasteiger partial charge in [0.15, 0.2) is 0 Å². The fraction of sp³-hybridized carbons (Fsp3) is 0.325. The third-order valence-corrected chi connectivity index (χ3v) is 8.92. The highest BCUT2D eigenvalue weighted by Gasteiger charge is 2.30. The van der Waals surface area contributed by atoms with Crippen molar-refractivity contribution in [2.45, 2.75) is 25.5 Å². The number of nitrogens with one attached hydrogen (secondary N) is 1. The highest BCUT2D eigenvalue weighted by molar-refractivity contribution is 6.02. The Bertz CT molecular complexity index is 1710. The maximum atomic E-state index is 14.4. The van der Waals surface area contributed by atoms with Crippen LogP contribution < -0.4 is 10.1 Å². The topological polar surface area (TPSA) is 59.0 Å². The molecule has 1 aliphatic rings. The van der Waals surface area contributed by atoms with Gasteiger partial charge in [-0.15, -0.1) is 0 Å². The van der Waals surface area contributed by atoms with Crippen LogP contribution in [0.4, 0.5) is 0 Å². The Kier molecular flexibility index (Phi) is 11.0. The molecule has 5 aromatic rings. The number of carbonyl (C=O) groups is 1. The molecule has 0 radical (unpaired) electrons. The summed E-state index contributed by atoms with van der Waals surface area (Å²) < 4.78 is 13.9. The van der Waals surface area contributed by atoms with E-state index in [1.54, 1.807) is 0 Å². The average Bonchev–Trinajstić information content (AvgIpc) is 3.44. The smallest absolute Gasteiger partial charge is 0.268 e. The molecule has 0 spiro atoms. The summed E-state index contributed by atoms with van der Waals surface area (Å²) in [5.41, 5.74) is 6.23. The zero-order valence-corrected chi connectivity index (χ0v) is 27.6. The molecule has 1 aromatic heterocycles. The van der Waals surface area contributed by atoms with Crippen molar-refractivity contribution in [3.8, 4) is 5.75 Å². The molecule has 1 fully saturated rings. The molecule has 47 heavy (non-hydrogen) atoms. The van der Waals surface area contributed by atoms with Crippen LogP contribution in [0.1, 0.15) is 45.1 Å². The molecule has 1 unspecified atom stereocenters. The second kappa shape index (κ2) is 15.9. The van der Waals surface area contributed by atoms with Crippen LogP contribution in [0.5, 0.6) is 5.75 Å². The summed E-state index contributed by atoms with van der Waals surface area (Å²) in [4.78, 5) is 19.0. The molecular formula is C40H46N4O3. The molecule has 1 aliphatic heterocycles. The third-order valence-electron chi connectivity index (χ3n) is 8.92. The van der Waals surface area contributed by atoms with Crippen LogP contribution in [-0.4, -0.2) is 80.3 Å². The van der Waals surface area contributed by atoms with Gasteiger partial charge in [-0.2, -0.15) is 0 Å². The molecule has 1 N–H and O–H groups in total. The number of benzene rings is 4. The lowest BCUT2D eigenvalue weighted by Gasteiger charge is -2.26. The lowest BCUT2D eigenvalue weighted by molar-refractivity contribution is 0.0374. The Hall–Kier alpha value is -4.43. The predicted molar refractivity (Wildman–Crippen MR) is 189 cm³/mol. The Morgan fingerprint density at radius 3 is 2.21 bits per heavy atom. The fourth-order valence-electron chi connectivity index (χ4n) is 6.48. The first-order chi connectivity index (χ1) is 23.1. The number of amides is 1. The van der Waals surface area contributed by atoms with Crippen LogP contribution in [0.15, 0.2) is 109 Å². The molecule has 7 nitrogen and oxygen atoms in total. The number of fused-ring (bicyclic) bond motifs is 1. The molecule has 1 amide bonds. The number of rotatable bonds is 14. The van der Waals surface area contributed by atoms with Crippen LogP contribution in [-0.2, 0) is 17.9 Å². The van der Waals surface area contributed by atoms with Crippen molar-refractivity contribution >= 4 is 16.8 Å². The first-order valence-electron chi connectivity index (χ1n) is 16.7. The maximum absolute atomic E-state index is 14.4. The minimum Gasteiger partial charge on any atom is -0.489 e. The maximum Gasteiger partial charge on any atom is 0.268 e. The monoisotopic (exact) mass is 630 g/mol. The molecule has 4 aromatic carbocycles. The van der Waals surface area contributed by atoms with Crippen molar-refractivity contribution in [1.29, 1.82) is 0 Å². The van der Waals surface area contributed by atoms with E-state index in [1.165, 1.54) is 0 Å². The summed E-state index contributed by atoms with van der Waals surface area (Å²) in [6.07, 6.45) is 0.894. The molecule has 7 heteroatoms. The van der Waals surface area contributed by atoms with Crippen LogP contribution in [0.25, 0.3) is 10.9 Å².